The lowest BCUT2D eigenvalue weighted by Crippen LogP contribution is -2.34. The summed E-state index contributed by atoms with van der Waals surface area (Å²) in [5, 5.41) is 0. The van der Waals surface area contributed by atoms with Crippen molar-refractivity contribution < 1.29 is 9.78 Å². The molecule has 1 aliphatic heterocycles. The van der Waals surface area contributed by atoms with Gasteiger partial charge in [0.25, 0.3) is 0 Å². The summed E-state index contributed by atoms with van der Waals surface area (Å²) in [6.07, 6.45) is 29.0. The minimum Gasteiger partial charge on any atom is -0.236 e. The van der Waals surface area contributed by atoms with Gasteiger partial charge in [-0.05, 0) is 12.8 Å². The van der Waals surface area contributed by atoms with Gasteiger partial charge in [0.2, 0.25) is 0 Å². The van der Waals surface area contributed by atoms with E-state index in [0.717, 1.165) is 6.61 Å². The lowest BCUT2D eigenvalue weighted by molar-refractivity contribution is -0.313. The molecule has 29 heavy (non-hydrogen) atoms. The van der Waals surface area contributed by atoms with Crippen LogP contribution in [0.1, 0.15) is 156 Å². The molecular formula is C27H54O2. The first-order valence-corrected chi connectivity index (χ1v) is 13.6. The van der Waals surface area contributed by atoms with Crippen LogP contribution in [-0.4, -0.2) is 12.2 Å². The Hall–Kier alpha value is -0.0800. The highest BCUT2D eigenvalue weighted by Gasteiger charge is 2.42. The highest BCUT2D eigenvalue weighted by molar-refractivity contribution is 4.87. The summed E-state index contributed by atoms with van der Waals surface area (Å²) < 4.78 is 0. The molecule has 0 bridgehead atoms. The number of unbranched alkanes of at least 4 members (excludes halogenated alkanes) is 17. The predicted octanol–water partition coefficient (Wildman–Crippen LogP) is 9.55. The van der Waals surface area contributed by atoms with Crippen molar-refractivity contribution in [2.75, 3.05) is 6.61 Å². The molecule has 174 valence electrons. The van der Waals surface area contributed by atoms with E-state index in [2.05, 4.69) is 20.8 Å². The average molecular weight is 411 g/mol. The van der Waals surface area contributed by atoms with Gasteiger partial charge in [0.15, 0.2) is 0 Å². The Labute approximate surface area is 183 Å². The van der Waals surface area contributed by atoms with E-state index < -0.39 is 0 Å². The van der Waals surface area contributed by atoms with Gasteiger partial charge in [-0.3, -0.25) is 0 Å². The zero-order valence-electron chi connectivity index (χ0n) is 20.5. The van der Waals surface area contributed by atoms with Gasteiger partial charge in [-0.15, -0.1) is 0 Å². The molecular weight excluding hydrogens is 356 g/mol. The van der Waals surface area contributed by atoms with E-state index in [-0.39, 0.29) is 5.60 Å². The molecule has 1 aliphatic rings. The van der Waals surface area contributed by atoms with Crippen LogP contribution in [-0.2, 0) is 9.78 Å². The van der Waals surface area contributed by atoms with Crippen molar-refractivity contribution in [1.29, 1.82) is 0 Å². The maximum Gasteiger partial charge on any atom is 0.108 e. The molecule has 1 fully saturated rings. The molecule has 0 aromatic heterocycles. The van der Waals surface area contributed by atoms with Crippen LogP contribution in [0, 0.1) is 5.92 Å². The van der Waals surface area contributed by atoms with Crippen LogP contribution < -0.4 is 0 Å². The zero-order chi connectivity index (χ0) is 21.0. The molecule has 0 radical (unpaired) electrons. The fourth-order valence-electron chi connectivity index (χ4n) is 4.84. The minimum absolute atomic E-state index is 0.0154. The van der Waals surface area contributed by atoms with E-state index >= 15 is 0 Å². The van der Waals surface area contributed by atoms with Crippen LogP contribution in [0.15, 0.2) is 0 Å². The summed E-state index contributed by atoms with van der Waals surface area (Å²) in [4.78, 5) is 11.3. The Morgan fingerprint density at radius 2 is 0.897 bits per heavy atom. The topological polar surface area (TPSA) is 18.5 Å². The first-order chi connectivity index (χ1) is 14.2. The molecule has 0 aliphatic carbocycles. The highest BCUT2D eigenvalue weighted by atomic mass is 17.2. The third-order valence-electron chi connectivity index (χ3n) is 7.10. The fourth-order valence-corrected chi connectivity index (χ4v) is 4.84. The zero-order valence-corrected chi connectivity index (χ0v) is 20.5. The highest BCUT2D eigenvalue weighted by Crippen LogP contribution is 2.39. The van der Waals surface area contributed by atoms with Crippen LogP contribution in [0.4, 0.5) is 0 Å². The molecule has 0 aromatic carbocycles. The van der Waals surface area contributed by atoms with Crippen LogP contribution >= 0.6 is 0 Å². The van der Waals surface area contributed by atoms with Crippen LogP contribution in [0.5, 0.6) is 0 Å². The molecule has 2 atom stereocenters. The number of rotatable bonds is 21. The summed E-state index contributed by atoms with van der Waals surface area (Å²) >= 11 is 0. The van der Waals surface area contributed by atoms with Crippen LogP contribution in [0.25, 0.3) is 0 Å². The quantitative estimate of drug-likeness (QED) is 0.138. The van der Waals surface area contributed by atoms with Gasteiger partial charge in [-0.2, -0.15) is 0 Å². The van der Waals surface area contributed by atoms with Gasteiger partial charge in [0.05, 0.1) is 6.61 Å². The van der Waals surface area contributed by atoms with Crippen molar-refractivity contribution in [2.45, 2.75) is 161 Å². The van der Waals surface area contributed by atoms with E-state index in [1.807, 2.05) is 0 Å². The van der Waals surface area contributed by atoms with E-state index in [1.165, 1.54) is 135 Å². The van der Waals surface area contributed by atoms with Crippen molar-refractivity contribution in [1.82, 2.24) is 0 Å². The fraction of sp³-hybridized carbons (Fsp3) is 1.00. The van der Waals surface area contributed by atoms with Crippen molar-refractivity contribution in [3.8, 4) is 0 Å². The molecule has 1 rings (SSSR count). The maximum atomic E-state index is 5.90. The third-order valence-corrected chi connectivity index (χ3v) is 7.10. The second-order valence-corrected chi connectivity index (χ2v) is 9.84. The summed E-state index contributed by atoms with van der Waals surface area (Å²) in [6, 6.07) is 0. The summed E-state index contributed by atoms with van der Waals surface area (Å²) in [6.45, 7) is 7.70. The van der Waals surface area contributed by atoms with Gasteiger partial charge in [-0.1, -0.05) is 143 Å². The van der Waals surface area contributed by atoms with Crippen molar-refractivity contribution in [2.24, 2.45) is 5.92 Å². The molecule has 1 heterocycles. The Bertz CT molecular complexity index is 343. The van der Waals surface area contributed by atoms with Gasteiger partial charge >= 0.3 is 0 Å². The monoisotopic (exact) mass is 410 g/mol. The Morgan fingerprint density at radius 3 is 1.21 bits per heavy atom. The summed E-state index contributed by atoms with van der Waals surface area (Å²) in [5.74, 6) is 0.551. The van der Waals surface area contributed by atoms with Crippen LogP contribution in [0.2, 0.25) is 0 Å². The van der Waals surface area contributed by atoms with E-state index in [9.17, 15) is 0 Å². The smallest absolute Gasteiger partial charge is 0.108 e. The van der Waals surface area contributed by atoms with Crippen molar-refractivity contribution >= 4 is 0 Å². The van der Waals surface area contributed by atoms with Crippen LogP contribution in [0.3, 0.4) is 0 Å². The summed E-state index contributed by atoms with van der Waals surface area (Å²) in [7, 11) is 0. The molecule has 0 spiro atoms. The molecule has 1 saturated heterocycles. The molecule has 0 aromatic rings. The second kappa shape index (κ2) is 18.7. The van der Waals surface area contributed by atoms with E-state index in [0.29, 0.717) is 5.92 Å². The van der Waals surface area contributed by atoms with Gasteiger partial charge < -0.3 is 0 Å². The first kappa shape index (κ1) is 27.0. The Balaban J connectivity index is 2.05. The second-order valence-electron chi connectivity index (χ2n) is 9.84. The van der Waals surface area contributed by atoms with Crippen molar-refractivity contribution in [3.63, 3.8) is 0 Å². The van der Waals surface area contributed by atoms with E-state index in [4.69, 9.17) is 9.78 Å². The lowest BCUT2D eigenvalue weighted by atomic mass is 9.80. The van der Waals surface area contributed by atoms with Gasteiger partial charge in [-0.25, -0.2) is 9.78 Å². The molecule has 2 nitrogen and oxygen atoms in total. The van der Waals surface area contributed by atoms with Crippen molar-refractivity contribution in [3.05, 3.63) is 0 Å². The molecule has 0 amide bonds. The molecule has 2 heteroatoms. The minimum atomic E-state index is 0.0154. The molecule has 0 N–H and O–H groups in total. The normalized spacial score (nSPS) is 21.8. The predicted molar refractivity (Wildman–Crippen MR) is 127 cm³/mol. The lowest BCUT2D eigenvalue weighted by Gasteiger charge is -2.30. The standard InChI is InChI=1S/C27H54O2/c1-4-6-8-10-12-14-15-16-18-20-22-24-27(26(3)25-28-29-27)23-21-19-17-13-11-9-7-5-2/h26H,4-25H2,1-3H3. The third kappa shape index (κ3) is 13.0. The number of hydrogen-bond acceptors (Lipinski definition) is 2. The van der Waals surface area contributed by atoms with Gasteiger partial charge in [0.1, 0.15) is 5.60 Å². The molecule has 0 saturated carbocycles. The Kier molecular flexibility index (Phi) is 17.4. The average Bonchev–Trinajstić information content (AvgIpc) is 3.08. The van der Waals surface area contributed by atoms with Gasteiger partial charge in [0, 0.05) is 5.92 Å². The summed E-state index contributed by atoms with van der Waals surface area (Å²) in [5.41, 5.74) is 0.0154. The molecule has 2 unspecified atom stereocenters. The largest absolute Gasteiger partial charge is 0.236 e. The number of hydrogen-bond donors (Lipinski definition) is 0. The Morgan fingerprint density at radius 1 is 0.552 bits per heavy atom. The van der Waals surface area contributed by atoms with E-state index in [1.54, 1.807) is 0 Å². The first-order valence-electron chi connectivity index (χ1n) is 13.6. The maximum absolute atomic E-state index is 5.90. The SMILES string of the molecule is CCCCCCCCCCCCCC1(CCCCCCCCCC)OOCC1C.